The number of cyclic esters (lactones) is 1. The van der Waals surface area contributed by atoms with E-state index in [9.17, 15) is 4.79 Å². The summed E-state index contributed by atoms with van der Waals surface area (Å²) < 4.78 is 4.89. The molecule has 0 saturated carbocycles. The van der Waals surface area contributed by atoms with Crippen LogP contribution in [0.1, 0.15) is 12.0 Å². The first kappa shape index (κ1) is 10.8. The second kappa shape index (κ2) is 4.42. The van der Waals surface area contributed by atoms with Crippen molar-refractivity contribution in [2.45, 2.75) is 12.8 Å². The molecule has 1 saturated heterocycles. The molecular weight excluding hydrogens is 235 g/mol. The molecule has 0 bridgehead atoms. The maximum Gasteiger partial charge on any atom is 0.309 e. The largest absolute Gasteiger partial charge is 0.465 e. The number of ether oxygens (including phenoxy) is 1. The Morgan fingerprint density at radius 3 is 2.80 bits per heavy atom. The van der Waals surface area contributed by atoms with Crippen molar-refractivity contribution in [1.82, 2.24) is 0 Å². The molecule has 0 amide bonds. The van der Waals surface area contributed by atoms with E-state index in [1.54, 1.807) is 12.1 Å². The van der Waals surface area contributed by atoms with Crippen molar-refractivity contribution in [3.05, 3.63) is 33.8 Å². The van der Waals surface area contributed by atoms with Gasteiger partial charge in [0, 0.05) is 10.0 Å². The van der Waals surface area contributed by atoms with Crippen LogP contribution in [0.3, 0.4) is 0 Å². The Balaban J connectivity index is 2.13. The van der Waals surface area contributed by atoms with Crippen LogP contribution in [0.5, 0.6) is 0 Å². The number of hydrogen-bond donors (Lipinski definition) is 0. The maximum atomic E-state index is 11.3. The van der Waals surface area contributed by atoms with Gasteiger partial charge in [0.15, 0.2) is 0 Å². The summed E-state index contributed by atoms with van der Waals surface area (Å²) in [6.07, 6.45) is 1.41. The van der Waals surface area contributed by atoms with Crippen molar-refractivity contribution in [2.75, 3.05) is 6.61 Å². The molecule has 1 heterocycles. The fourth-order valence-corrected chi connectivity index (χ4v) is 2.16. The Bertz CT molecular complexity index is 390. The Morgan fingerprint density at radius 2 is 2.20 bits per heavy atom. The van der Waals surface area contributed by atoms with E-state index in [2.05, 4.69) is 0 Å². The van der Waals surface area contributed by atoms with Gasteiger partial charge in [-0.05, 0) is 30.5 Å². The zero-order valence-electron chi connectivity index (χ0n) is 8.00. The number of esters is 1. The molecule has 2 rings (SSSR count). The smallest absolute Gasteiger partial charge is 0.309 e. The summed E-state index contributed by atoms with van der Waals surface area (Å²) in [5.41, 5.74) is 0.949. The van der Waals surface area contributed by atoms with Gasteiger partial charge in [0.1, 0.15) is 0 Å². The lowest BCUT2D eigenvalue weighted by Crippen LogP contribution is -2.10. The van der Waals surface area contributed by atoms with Crippen molar-refractivity contribution >= 4 is 29.2 Å². The van der Waals surface area contributed by atoms with Crippen molar-refractivity contribution < 1.29 is 9.53 Å². The molecule has 1 atom stereocenters. The fraction of sp³-hybridized carbons (Fsp3) is 0.364. The number of benzene rings is 1. The van der Waals surface area contributed by atoms with E-state index in [0.29, 0.717) is 23.1 Å². The molecule has 0 aliphatic carbocycles. The Morgan fingerprint density at radius 1 is 1.40 bits per heavy atom. The molecule has 0 radical (unpaired) electrons. The minimum absolute atomic E-state index is 0.0522. The highest BCUT2D eigenvalue weighted by atomic mass is 35.5. The van der Waals surface area contributed by atoms with Crippen LogP contribution in [0.25, 0.3) is 0 Å². The third-order valence-electron chi connectivity index (χ3n) is 2.53. The number of hydrogen-bond acceptors (Lipinski definition) is 2. The van der Waals surface area contributed by atoms with Crippen LogP contribution < -0.4 is 0 Å². The van der Waals surface area contributed by atoms with Gasteiger partial charge in [-0.15, -0.1) is 0 Å². The standard InChI is InChI=1S/C11H10Cl2O2/c12-9-2-1-7(10(13)6-9)5-8-3-4-15-11(8)14/h1-2,6,8H,3-5H2. The molecule has 15 heavy (non-hydrogen) atoms. The topological polar surface area (TPSA) is 26.3 Å². The Hall–Kier alpha value is -0.730. The highest BCUT2D eigenvalue weighted by molar-refractivity contribution is 6.35. The molecule has 80 valence electrons. The normalized spacial score (nSPS) is 20.4. The van der Waals surface area contributed by atoms with E-state index in [1.807, 2.05) is 6.07 Å². The summed E-state index contributed by atoms with van der Waals surface area (Å²) >= 11 is 11.8. The quantitative estimate of drug-likeness (QED) is 0.748. The molecule has 1 aliphatic heterocycles. The molecule has 1 aromatic rings. The van der Waals surface area contributed by atoms with Gasteiger partial charge in [-0.25, -0.2) is 0 Å². The van der Waals surface area contributed by atoms with E-state index < -0.39 is 0 Å². The van der Waals surface area contributed by atoms with Crippen LogP contribution in [0.4, 0.5) is 0 Å². The molecular formula is C11H10Cl2O2. The molecule has 4 heteroatoms. The summed E-state index contributed by atoms with van der Waals surface area (Å²) in [7, 11) is 0. The van der Waals surface area contributed by atoms with Crippen LogP contribution >= 0.6 is 23.2 Å². The summed E-state index contributed by atoms with van der Waals surface area (Å²) in [5.74, 6) is -0.176. The second-order valence-electron chi connectivity index (χ2n) is 3.59. The first-order chi connectivity index (χ1) is 7.16. The number of carbonyl (C=O) groups is 1. The molecule has 1 fully saturated rings. The summed E-state index contributed by atoms with van der Waals surface area (Å²) in [5, 5.41) is 1.22. The van der Waals surface area contributed by atoms with E-state index >= 15 is 0 Å². The van der Waals surface area contributed by atoms with E-state index in [0.717, 1.165) is 12.0 Å². The molecule has 0 aromatic heterocycles. The van der Waals surface area contributed by atoms with Crippen LogP contribution in [0.15, 0.2) is 18.2 Å². The molecule has 1 aliphatic rings. The lowest BCUT2D eigenvalue weighted by molar-refractivity contribution is -0.141. The molecule has 1 aromatic carbocycles. The fourth-order valence-electron chi connectivity index (χ4n) is 1.68. The molecule has 0 spiro atoms. The summed E-state index contributed by atoms with van der Waals surface area (Å²) in [6, 6.07) is 5.33. The minimum atomic E-state index is -0.124. The second-order valence-corrected chi connectivity index (χ2v) is 4.44. The van der Waals surface area contributed by atoms with Crippen molar-refractivity contribution in [3.63, 3.8) is 0 Å². The van der Waals surface area contributed by atoms with Gasteiger partial charge < -0.3 is 4.74 Å². The van der Waals surface area contributed by atoms with E-state index in [1.165, 1.54) is 0 Å². The van der Waals surface area contributed by atoms with Crippen LogP contribution in [0, 0.1) is 5.92 Å². The molecule has 1 unspecified atom stereocenters. The average molecular weight is 245 g/mol. The summed E-state index contributed by atoms with van der Waals surface area (Å²) in [4.78, 5) is 11.3. The van der Waals surface area contributed by atoms with Gasteiger partial charge >= 0.3 is 5.97 Å². The van der Waals surface area contributed by atoms with Gasteiger partial charge in [0.05, 0.1) is 12.5 Å². The van der Waals surface area contributed by atoms with Crippen molar-refractivity contribution in [2.24, 2.45) is 5.92 Å². The lowest BCUT2D eigenvalue weighted by atomic mass is 9.98. The summed E-state index contributed by atoms with van der Waals surface area (Å²) in [6.45, 7) is 0.523. The zero-order chi connectivity index (χ0) is 10.8. The Kier molecular flexibility index (Phi) is 3.17. The van der Waals surface area contributed by atoms with Crippen LogP contribution in [-0.2, 0) is 16.0 Å². The highest BCUT2D eigenvalue weighted by Gasteiger charge is 2.27. The number of rotatable bonds is 2. The first-order valence-corrected chi connectivity index (χ1v) is 5.53. The van der Waals surface area contributed by atoms with E-state index in [-0.39, 0.29) is 11.9 Å². The lowest BCUT2D eigenvalue weighted by Gasteiger charge is -2.07. The Labute approximate surface area is 98.1 Å². The molecule has 2 nitrogen and oxygen atoms in total. The monoisotopic (exact) mass is 244 g/mol. The van der Waals surface area contributed by atoms with Gasteiger partial charge in [-0.1, -0.05) is 29.3 Å². The number of halogens is 2. The average Bonchev–Trinajstić information content (AvgIpc) is 2.57. The minimum Gasteiger partial charge on any atom is -0.465 e. The predicted molar refractivity (Wildman–Crippen MR) is 59.2 cm³/mol. The van der Waals surface area contributed by atoms with Crippen molar-refractivity contribution in [3.8, 4) is 0 Å². The van der Waals surface area contributed by atoms with Crippen LogP contribution in [0.2, 0.25) is 10.0 Å². The maximum absolute atomic E-state index is 11.3. The highest BCUT2D eigenvalue weighted by Crippen LogP contribution is 2.26. The van der Waals surface area contributed by atoms with Gasteiger partial charge in [0.2, 0.25) is 0 Å². The van der Waals surface area contributed by atoms with Gasteiger partial charge in [-0.2, -0.15) is 0 Å². The van der Waals surface area contributed by atoms with Crippen molar-refractivity contribution in [1.29, 1.82) is 0 Å². The predicted octanol–water partition coefficient (Wildman–Crippen LogP) is 3.10. The molecule has 0 N–H and O–H groups in total. The van der Waals surface area contributed by atoms with Crippen LogP contribution in [-0.4, -0.2) is 12.6 Å². The third kappa shape index (κ3) is 2.44. The number of carbonyl (C=O) groups excluding carboxylic acids is 1. The zero-order valence-corrected chi connectivity index (χ0v) is 9.52. The SMILES string of the molecule is O=C1OCCC1Cc1ccc(Cl)cc1Cl. The third-order valence-corrected chi connectivity index (χ3v) is 3.11. The van der Waals surface area contributed by atoms with Gasteiger partial charge in [0.25, 0.3) is 0 Å². The first-order valence-electron chi connectivity index (χ1n) is 4.77. The van der Waals surface area contributed by atoms with E-state index in [4.69, 9.17) is 27.9 Å². The van der Waals surface area contributed by atoms with Gasteiger partial charge in [-0.3, -0.25) is 4.79 Å².